The van der Waals surface area contributed by atoms with Crippen LogP contribution in [-0.4, -0.2) is 33.9 Å². The highest BCUT2D eigenvalue weighted by atomic mass is 16.5. The van der Waals surface area contributed by atoms with Crippen LogP contribution in [0.15, 0.2) is 12.1 Å². The van der Waals surface area contributed by atoms with E-state index in [1.807, 2.05) is 0 Å². The summed E-state index contributed by atoms with van der Waals surface area (Å²) in [4.78, 5) is 11.5. The number of ether oxygens (including phenoxy) is 3. The minimum atomic E-state index is -0.358. The third kappa shape index (κ3) is 3.99. The molecule has 0 spiro atoms. The Morgan fingerprint density at radius 1 is 1.15 bits per heavy atom. The zero-order chi connectivity index (χ0) is 15.0. The molecule has 1 rings (SSSR count). The molecule has 2 N–H and O–H groups in total. The monoisotopic (exact) mass is 278 g/mol. The lowest BCUT2D eigenvalue weighted by Gasteiger charge is -2.15. The van der Waals surface area contributed by atoms with E-state index < -0.39 is 0 Å². The average molecular weight is 278 g/mol. The van der Waals surface area contributed by atoms with Gasteiger partial charge in [0.05, 0.1) is 40.0 Å². The molecule has 0 atom stereocenters. The van der Waals surface area contributed by atoms with E-state index in [9.17, 15) is 4.79 Å². The zero-order valence-corrected chi connectivity index (χ0v) is 11.8. The number of urea groups is 1. The first-order valence-electron chi connectivity index (χ1n) is 5.90. The van der Waals surface area contributed by atoms with Gasteiger partial charge in [0.15, 0.2) is 0 Å². The van der Waals surface area contributed by atoms with Crippen LogP contribution in [0.25, 0.3) is 0 Å². The van der Waals surface area contributed by atoms with Gasteiger partial charge in [-0.15, -0.1) is 6.42 Å². The number of rotatable bonds is 6. The van der Waals surface area contributed by atoms with Crippen molar-refractivity contribution in [1.82, 2.24) is 10.6 Å². The molecule has 108 valence electrons. The van der Waals surface area contributed by atoms with Crippen molar-refractivity contribution < 1.29 is 19.0 Å². The molecule has 0 heterocycles. The van der Waals surface area contributed by atoms with Crippen LogP contribution in [0.5, 0.6) is 17.2 Å². The first-order valence-corrected chi connectivity index (χ1v) is 5.90. The van der Waals surface area contributed by atoms with Gasteiger partial charge in [0, 0.05) is 12.1 Å². The van der Waals surface area contributed by atoms with Crippen molar-refractivity contribution in [2.75, 3.05) is 27.9 Å². The second-order valence-corrected chi connectivity index (χ2v) is 3.75. The molecule has 0 saturated heterocycles. The molecule has 1 aromatic carbocycles. The van der Waals surface area contributed by atoms with Crippen LogP contribution in [0.1, 0.15) is 5.56 Å². The average Bonchev–Trinajstić information content (AvgIpc) is 2.49. The normalized spacial score (nSPS) is 9.30. The van der Waals surface area contributed by atoms with Gasteiger partial charge in [0.1, 0.15) is 17.2 Å². The minimum Gasteiger partial charge on any atom is -0.496 e. The molecular weight excluding hydrogens is 260 g/mol. The predicted octanol–water partition coefficient (Wildman–Crippen LogP) is 1.14. The van der Waals surface area contributed by atoms with E-state index in [0.29, 0.717) is 22.8 Å². The third-order valence-electron chi connectivity index (χ3n) is 2.59. The molecule has 0 fully saturated rings. The van der Waals surface area contributed by atoms with Crippen LogP contribution in [0.4, 0.5) is 4.79 Å². The summed E-state index contributed by atoms with van der Waals surface area (Å²) in [5.74, 6) is 4.07. The highest BCUT2D eigenvalue weighted by molar-refractivity contribution is 5.74. The lowest BCUT2D eigenvalue weighted by Crippen LogP contribution is -2.35. The first kappa shape index (κ1) is 15.5. The van der Waals surface area contributed by atoms with Crippen molar-refractivity contribution in [3.05, 3.63) is 17.7 Å². The van der Waals surface area contributed by atoms with E-state index in [4.69, 9.17) is 20.6 Å². The van der Waals surface area contributed by atoms with Crippen LogP contribution in [0.3, 0.4) is 0 Å². The number of benzene rings is 1. The summed E-state index contributed by atoms with van der Waals surface area (Å²) in [5, 5.41) is 5.18. The van der Waals surface area contributed by atoms with E-state index in [0.717, 1.165) is 0 Å². The summed E-state index contributed by atoms with van der Waals surface area (Å²) in [6.07, 6.45) is 5.06. The van der Waals surface area contributed by atoms with Gasteiger partial charge in [0.25, 0.3) is 0 Å². The number of amides is 2. The van der Waals surface area contributed by atoms with E-state index in [1.54, 1.807) is 19.2 Å². The Kier molecular flexibility index (Phi) is 6.04. The second kappa shape index (κ2) is 7.79. The summed E-state index contributed by atoms with van der Waals surface area (Å²) < 4.78 is 15.7. The van der Waals surface area contributed by atoms with Gasteiger partial charge in [-0.25, -0.2) is 4.79 Å². The Morgan fingerprint density at radius 3 is 2.20 bits per heavy atom. The molecule has 20 heavy (non-hydrogen) atoms. The number of carbonyl (C=O) groups is 1. The van der Waals surface area contributed by atoms with Crippen LogP contribution < -0.4 is 24.8 Å². The van der Waals surface area contributed by atoms with Crippen molar-refractivity contribution in [2.24, 2.45) is 0 Å². The number of hydrogen-bond donors (Lipinski definition) is 2. The number of terminal acetylenes is 1. The van der Waals surface area contributed by atoms with Crippen molar-refractivity contribution >= 4 is 6.03 Å². The third-order valence-corrected chi connectivity index (χ3v) is 2.59. The summed E-state index contributed by atoms with van der Waals surface area (Å²) in [6, 6.07) is 3.08. The fourth-order valence-electron chi connectivity index (χ4n) is 1.61. The summed E-state index contributed by atoms with van der Waals surface area (Å²) >= 11 is 0. The maximum absolute atomic E-state index is 11.5. The van der Waals surface area contributed by atoms with Crippen LogP contribution in [0, 0.1) is 12.3 Å². The van der Waals surface area contributed by atoms with Gasteiger partial charge >= 0.3 is 6.03 Å². The van der Waals surface area contributed by atoms with Crippen LogP contribution in [0.2, 0.25) is 0 Å². The molecule has 6 nitrogen and oxygen atoms in total. The van der Waals surface area contributed by atoms with Crippen molar-refractivity contribution in [3.8, 4) is 29.6 Å². The second-order valence-electron chi connectivity index (χ2n) is 3.75. The molecular formula is C14H18N2O4. The molecule has 0 radical (unpaired) electrons. The molecule has 0 aliphatic heterocycles. The lowest BCUT2D eigenvalue weighted by atomic mass is 10.1. The standard InChI is InChI=1S/C14H18N2O4/c1-5-6-15-14(17)16-9-11-12(19-3)7-10(18-2)8-13(11)20-4/h1,7-8H,6,9H2,2-4H3,(H2,15,16,17). The Balaban J connectivity index is 2.87. The first-order chi connectivity index (χ1) is 9.65. The van der Waals surface area contributed by atoms with Gasteiger partial charge < -0.3 is 24.8 Å². The Labute approximate surface area is 118 Å². The highest BCUT2D eigenvalue weighted by Crippen LogP contribution is 2.33. The quantitative estimate of drug-likeness (QED) is 0.766. The van der Waals surface area contributed by atoms with E-state index in [1.165, 1.54) is 14.2 Å². The zero-order valence-electron chi connectivity index (χ0n) is 11.8. The van der Waals surface area contributed by atoms with Gasteiger partial charge in [-0.05, 0) is 0 Å². The SMILES string of the molecule is C#CCNC(=O)NCc1c(OC)cc(OC)cc1OC. The Morgan fingerprint density at radius 2 is 1.75 bits per heavy atom. The largest absolute Gasteiger partial charge is 0.496 e. The molecule has 0 bridgehead atoms. The van der Waals surface area contributed by atoms with Crippen LogP contribution >= 0.6 is 0 Å². The summed E-state index contributed by atoms with van der Waals surface area (Å²) in [6.45, 7) is 0.412. The van der Waals surface area contributed by atoms with E-state index in [-0.39, 0.29) is 19.1 Å². The van der Waals surface area contributed by atoms with Crippen molar-refractivity contribution in [2.45, 2.75) is 6.54 Å². The fourth-order valence-corrected chi connectivity index (χ4v) is 1.61. The van der Waals surface area contributed by atoms with E-state index >= 15 is 0 Å². The van der Waals surface area contributed by atoms with Gasteiger partial charge in [0.2, 0.25) is 0 Å². The molecule has 0 saturated carbocycles. The molecule has 0 unspecified atom stereocenters. The Bertz CT molecular complexity index is 483. The van der Waals surface area contributed by atoms with Gasteiger partial charge in [-0.2, -0.15) is 0 Å². The molecule has 2 amide bonds. The summed E-state index contributed by atoms with van der Waals surface area (Å²) in [7, 11) is 4.63. The fraction of sp³-hybridized carbons (Fsp3) is 0.357. The lowest BCUT2D eigenvalue weighted by molar-refractivity contribution is 0.241. The molecule has 0 aromatic heterocycles. The van der Waals surface area contributed by atoms with E-state index in [2.05, 4.69) is 16.6 Å². The number of hydrogen-bond acceptors (Lipinski definition) is 4. The van der Waals surface area contributed by atoms with Crippen molar-refractivity contribution in [3.63, 3.8) is 0 Å². The summed E-state index contributed by atoms with van der Waals surface area (Å²) in [5.41, 5.74) is 0.714. The Hall–Kier alpha value is -2.55. The number of nitrogens with one attached hydrogen (secondary N) is 2. The van der Waals surface area contributed by atoms with Crippen molar-refractivity contribution in [1.29, 1.82) is 0 Å². The molecule has 0 aliphatic carbocycles. The maximum Gasteiger partial charge on any atom is 0.315 e. The van der Waals surface area contributed by atoms with Gasteiger partial charge in [-0.1, -0.05) is 5.92 Å². The molecule has 6 heteroatoms. The maximum atomic E-state index is 11.5. The number of methoxy groups -OCH3 is 3. The molecule has 1 aromatic rings. The topological polar surface area (TPSA) is 68.8 Å². The predicted molar refractivity (Wildman–Crippen MR) is 75.2 cm³/mol. The minimum absolute atomic E-state index is 0.169. The number of carbonyl (C=O) groups excluding carboxylic acids is 1. The molecule has 0 aliphatic rings. The smallest absolute Gasteiger partial charge is 0.315 e. The highest BCUT2D eigenvalue weighted by Gasteiger charge is 2.13. The van der Waals surface area contributed by atoms with Gasteiger partial charge in [-0.3, -0.25) is 0 Å². The van der Waals surface area contributed by atoms with Crippen LogP contribution in [-0.2, 0) is 6.54 Å².